The molecule has 0 aliphatic heterocycles. The minimum atomic E-state index is -1.13. The number of hydrogen-bond acceptors (Lipinski definition) is 2. The minimum Gasteiger partial charge on any atom is -0.349 e. The molecule has 0 bridgehead atoms. The van der Waals surface area contributed by atoms with E-state index in [1.54, 1.807) is 24.3 Å². The van der Waals surface area contributed by atoms with Crippen LogP contribution in [0.3, 0.4) is 0 Å². The van der Waals surface area contributed by atoms with E-state index in [0.717, 1.165) is 30.5 Å². The molecule has 26 heavy (non-hydrogen) atoms. The summed E-state index contributed by atoms with van der Waals surface area (Å²) in [4.78, 5) is 25.7. The number of amides is 2. The second kappa shape index (κ2) is 7.41. The summed E-state index contributed by atoms with van der Waals surface area (Å²) in [6.45, 7) is 0.235. The van der Waals surface area contributed by atoms with E-state index in [9.17, 15) is 18.4 Å². The van der Waals surface area contributed by atoms with Crippen molar-refractivity contribution in [2.75, 3.05) is 7.05 Å². The molecule has 1 aliphatic carbocycles. The van der Waals surface area contributed by atoms with Gasteiger partial charge in [0.25, 0.3) is 11.8 Å². The molecule has 0 heterocycles. The quantitative estimate of drug-likeness (QED) is 0.805. The second-order valence-electron chi connectivity index (χ2n) is 6.35. The van der Waals surface area contributed by atoms with Gasteiger partial charge >= 0.3 is 0 Å². The van der Waals surface area contributed by atoms with Gasteiger partial charge in [0.2, 0.25) is 0 Å². The van der Waals surface area contributed by atoms with Gasteiger partial charge in [-0.25, -0.2) is 8.78 Å². The van der Waals surface area contributed by atoms with Crippen LogP contribution in [0, 0.1) is 11.6 Å². The Morgan fingerprint density at radius 1 is 1.15 bits per heavy atom. The number of carbonyl (C=O) groups excluding carboxylic acids is 2. The number of nitrogens with one attached hydrogen (secondary N) is 1. The average Bonchev–Trinajstić information content (AvgIpc) is 3.42. The van der Waals surface area contributed by atoms with E-state index in [1.165, 1.54) is 11.9 Å². The first-order chi connectivity index (χ1) is 12.3. The van der Waals surface area contributed by atoms with Crippen LogP contribution in [0.5, 0.6) is 0 Å². The van der Waals surface area contributed by atoms with Gasteiger partial charge in [-0.2, -0.15) is 0 Å². The van der Waals surface area contributed by atoms with Gasteiger partial charge in [-0.3, -0.25) is 9.59 Å². The average molecular weight is 379 g/mol. The molecule has 0 saturated heterocycles. The van der Waals surface area contributed by atoms with E-state index in [0.29, 0.717) is 5.56 Å². The van der Waals surface area contributed by atoms with Crippen molar-refractivity contribution in [1.29, 1.82) is 0 Å². The van der Waals surface area contributed by atoms with Crippen LogP contribution < -0.4 is 5.32 Å². The summed E-state index contributed by atoms with van der Waals surface area (Å²) in [6.07, 6.45) is 2.03. The SMILES string of the molecule is CN(Cc1ccc(C(=O)NC2CC2)cc1)C(=O)c1cc(F)c(F)cc1Cl. The molecular weight excluding hydrogens is 362 g/mol. The van der Waals surface area contributed by atoms with Crippen LogP contribution in [0.2, 0.25) is 5.02 Å². The third-order valence-electron chi connectivity index (χ3n) is 4.14. The molecule has 0 atom stereocenters. The summed E-state index contributed by atoms with van der Waals surface area (Å²) in [5, 5.41) is 2.76. The lowest BCUT2D eigenvalue weighted by Gasteiger charge is -2.18. The zero-order valence-corrected chi connectivity index (χ0v) is 14.8. The molecule has 3 rings (SSSR count). The van der Waals surface area contributed by atoms with Crippen molar-refractivity contribution < 1.29 is 18.4 Å². The van der Waals surface area contributed by atoms with Crippen molar-refractivity contribution in [3.8, 4) is 0 Å². The van der Waals surface area contributed by atoms with Gasteiger partial charge in [-0.15, -0.1) is 0 Å². The van der Waals surface area contributed by atoms with Crippen LogP contribution in [-0.4, -0.2) is 29.8 Å². The maximum absolute atomic E-state index is 13.4. The maximum atomic E-state index is 13.4. The Balaban J connectivity index is 1.67. The zero-order chi connectivity index (χ0) is 18.8. The van der Waals surface area contributed by atoms with Crippen molar-refractivity contribution in [2.24, 2.45) is 0 Å². The van der Waals surface area contributed by atoms with Crippen molar-refractivity contribution in [1.82, 2.24) is 10.2 Å². The molecule has 136 valence electrons. The molecule has 1 saturated carbocycles. The number of hydrogen-bond donors (Lipinski definition) is 1. The fourth-order valence-corrected chi connectivity index (χ4v) is 2.73. The first kappa shape index (κ1) is 18.3. The third-order valence-corrected chi connectivity index (χ3v) is 4.45. The largest absolute Gasteiger partial charge is 0.349 e. The monoisotopic (exact) mass is 378 g/mol. The van der Waals surface area contributed by atoms with Gasteiger partial charge < -0.3 is 10.2 Å². The van der Waals surface area contributed by atoms with Gasteiger partial charge in [0.05, 0.1) is 10.6 Å². The Kier molecular flexibility index (Phi) is 5.23. The smallest absolute Gasteiger partial charge is 0.255 e. The number of nitrogens with zero attached hydrogens (tertiary/aromatic N) is 1. The Morgan fingerprint density at radius 3 is 2.38 bits per heavy atom. The number of rotatable bonds is 5. The molecule has 1 N–H and O–H groups in total. The molecule has 0 unspecified atom stereocenters. The van der Waals surface area contributed by atoms with Gasteiger partial charge in [-0.1, -0.05) is 23.7 Å². The molecular formula is C19H17ClF2N2O2. The molecule has 1 aliphatic rings. The van der Waals surface area contributed by atoms with Crippen molar-refractivity contribution in [2.45, 2.75) is 25.4 Å². The highest BCUT2D eigenvalue weighted by Crippen LogP contribution is 2.22. The fourth-order valence-electron chi connectivity index (χ4n) is 2.50. The Hall–Kier alpha value is -2.47. The topological polar surface area (TPSA) is 49.4 Å². The van der Waals surface area contributed by atoms with Gasteiger partial charge in [0, 0.05) is 25.2 Å². The standard InChI is InChI=1S/C19H17ClF2N2O2/c1-24(19(26)14-8-16(21)17(22)9-15(14)20)10-11-2-4-12(5-3-11)18(25)23-13-6-7-13/h2-5,8-9,13H,6-7,10H2,1H3,(H,23,25). The molecule has 0 radical (unpaired) electrons. The van der Waals surface area contributed by atoms with E-state index in [-0.39, 0.29) is 29.1 Å². The molecule has 2 aromatic carbocycles. The molecule has 0 aromatic heterocycles. The summed E-state index contributed by atoms with van der Waals surface area (Å²) in [6, 6.07) is 8.74. The van der Waals surface area contributed by atoms with Gasteiger partial charge in [0.1, 0.15) is 0 Å². The second-order valence-corrected chi connectivity index (χ2v) is 6.76. The first-order valence-electron chi connectivity index (χ1n) is 8.15. The minimum absolute atomic E-state index is 0.103. The molecule has 0 spiro atoms. The number of benzene rings is 2. The fraction of sp³-hybridized carbons (Fsp3) is 0.263. The van der Waals surface area contributed by atoms with Crippen LogP contribution in [-0.2, 0) is 6.54 Å². The summed E-state index contributed by atoms with van der Waals surface area (Å²) in [7, 11) is 1.54. The normalized spacial score (nSPS) is 13.4. The summed E-state index contributed by atoms with van der Waals surface area (Å²) in [5.41, 5.74) is 1.24. The number of halogens is 3. The molecule has 2 aromatic rings. The van der Waals surface area contributed by atoms with Crippen LogP contribution >= 0.6 is 11.6 Å². The van der Waals surface area contributed by atoms with Crippen molar-refractivity contribution >= 4 is 23.4 Å². The lowest BCUT2D eigenvalue weighted by atomic mass is 10.1. The van der Waals surface area contributed by atoms with E-state index in [1.807, 2.05) is 0 Å². The van der Waals surface area contributed by atoms with Crippen LogP contribution in [0.15, 0.2) is 36.4 Å². The van der Waals surface area contributed by atoms with E-state index >= 15 is 0 Å². The van der Waals surface area contributed by atoms with E-state index in [2.05, 4.69) is 5.32 Å². The predicted molar refractivity (Wildman–Crippen MR) is 94.1 cm³/mol. The zero-order valence-electron chi connectivity index (χ0n) is 14.1. The van der Waals surface area contributed by atoms with E-state index < -0.39 is 17.5 Å². The lowest BCUT2D eigenvalue weighted by molar-refractivity contribution is 0.0784. The highest BCUT2D eigenvalue weighted by Gasteiger charge is 2.24. The third kappa shape index (κ3) is 4.19. The summed E-state index contributed by atoms with van der Waals surface area (Å²) < 4.78 is 26.5. The first-order valence-corrected chi connectivity index (χ1v) is 8.53. The molecule has 4 nitrogen and oxygen atoms in total. The highest BCUT2D eigenvalue weighted by atomic mass is 35.5. The Bertz CT molecular complexity index is 851. The maximum Gasteiger partial charge on any atom is 0.255 e. The van der Waals surface area contributed by atoms with Gasteiger partial charge in [0.15, 0.2) is 11.6 Å². The summed E-state index contributed by atoms with van der Waals surface area (Å²) >= 11 is 5.85. The highest BCUT2D eigenvalue weighted by molar-refractivity contribution is 6.33. The molecule has 2 amide bonds. The number of carbonyl (C=O) groups is 2. The van der Waals surface area contributed by atoms with Crippen molar-refractivity contribution in [3.05, 3.63) is 69.7 Å². The van der Waals surface area contributed by atoms with Crippen molar-refractivity contribution in [3.63, 3.8) is 0 Å². The molecule has 7 heteroatoms. The summed E-state index contributed by atoms with van der Waals surface area (Å²) in [5.74, 6) is -2.87. The van der Waals surface area contributed by atoms with E-state index in [4.69, 9.17) is 11.6 Å². The van der Waals surface area contributed by atoms with Crippen LogP contribution in [0.25, 0.3) is 0 Å². The molecule has 1 fully saturated rings. The van der Waals surface area contributed by atoms with Crippen LogP contribution in [0.4, 0.5) is 8.78 Å². The Morgan fingerprint density at radius 2 is 1.77 bits per heavy atom. The van der Waals surface area contributed by atoms with Gasteiger partial charge in [-0.05, 0) is 42.7 Å². The van der Waals surface area contributed by atoms with Crippen LogP contribution in [0.1, 0.15) is 39.1 Å². The lowest BCUT2D eigenvalue weighted by Crippen LogP contribution is -2.27. The Labute approximate surface area is 154 Å². The predicted octanol–water partition coefficient (Wildman–Crippen LogP) is 3.78.